The van der Waals surface area contributed by atoms with Crippen molar-refractivity contribution < 1.29 is 247 Å². The molecule has 0 saturated carbocycles. The third-order valence-corrected chi connectivity index (χ3v) is 22.4. The van der Waals surface area contributed by atoms with E-state index in [9.17, 15) is 157 Å². The summed E-state index contributed by atoms with van der Waals surface area (Å²) in [5.74, 6) is -3.56. The Morgan fingerprint density at radius 3 is 0.893 bits per heavy atom. The Morgan fingerprint density at radius 1 is 0.230 bits per heavy atom. The Morgan fingerprint density at radius 2 is 0.484 bits per heavy atom. The Labute approximate surface area is 691 Å². The van der Waals surface area contributed by atoms with Crippen molar-refractivity contribution >= 4 is 23.6 Å². The Balaban J connectivity index is 0.907. The van der Waals surface area contributed by atoms with Crippen molar-refractivity contribution in [3.63, 3.8) is 0 Å². The number of aliphatic hydroxyl groups is 27. The molecule has 10 saturated heterocycles. The topological polar surface area (TPSA) is 838 Å². The second kappa shape index (κ2) is 43.6. The van der Waals surface area contributed by atoms with E-state index in [4.69, 9.17) is 90.0 Å². The van der Waals surface area contributed by atoms with Gasteiger partial charge in [-0.2, -0.15) is 0 Å². The van der Waals surface area contributed by atoms with Gasteiger partial charge in [-0.15, -0.1) is 0 Å². The van der Waals surface area contributed by atoms with E-state index in [1.54, 1.807) is 0 Å². The van der Waals surface area contributed by atoms with Crippen LogP contribution in [0.2, 0.25) is 0 Å². The Bertz CT molecular complexity index is 3290. The first-order valence-electron chi connectivity index (χ1n) is 39.0. The molecule has 1 unspecified atom stereocenters. The van der Waals surface area contributed by atoms with Crippen molar-refractivity contribution in [2.75, 3.05) is 59.5 Å². The second-order valence-corrected chi connectivity index (χ2v) is 31.0. The number of nitrogens with one attached hydrogen (secondary N) is 4. The van der Waals surface area contributed by atoms with E-state index in [1.165, 1.54) is 6.92 Å². The summed E-state index contributed by atoms with van der Waals surface area (Å²) in [7, 11) is 0. The van der Waals surface area contributed by atoms with E-state index in [0.717, 1.165) is 27.7 Å². The molecule has 0 radical (unpaired) electrons. The van der Waals surface area contributed by atoms with E-state index >= 15 is 0 Å². The molecule has 4 amide bonds. The molecule has 0 aliphatic carbocycles. The molecule has 10 rings (SSSR count). The highest BCUT2D eigenvalue weighted by Gasteiger charge is 2.61. The molecule has 706 valence electrons. The number of rotatable bonds is 31. The van der Waals surface area contributed by atoms with E-state index in [-0.39, 0.29) is 0 Å². The molecule has 50 atom stereocenters. The minimum atomic E-state index is -2.54. The fraction of sp³-hybridized carbons (Fsp3) is 0.941. The van der Waals surface area contributed by atoms with Crippen LogP contribution < -0.4 is 21.3 Å². The predicted octanol–water partition coefficient (Wildman–Crippen LogP) is -21.2. The van der Waals surface area contributed by atoms with Crippen LogP contribution in [0.25, 0.3) is 0 Å². The first-order valence-corrected chi connectivity index (χ1v) is 39.0. The van der Waals surface area contributed by atoms with Crippen LogP contribution in [-0.2, 0) is 109 Å². The maximum atomic E-state index is 13.2. The molecule has 10 fully saturated rings. The number of aliphatic hydroxyl groups excluding tert-OH is 27. The molecule has 10 aliphatic rings. The van der Waals surface area contributed by atoms with Crippen LogP contribution in [0.1, 0.15) is 34.6 Å². The zero-order valence-electron chi connectivity index (χ0n) is 65.7. The third kappa shape index (κ3) is 22.2. The van der Waals surface area contributed by atoms with Gasteiger partial charge in [-0.25, -0.2) is 0 Å². The van der Waals surface area contributed by atoms with Crippen LogP contribution in [0, 0.1) is 0 Å². The zero-order chi connectivity index (χ0) is 89.8. The van der Waals surface area contributed by atoms with Gasteiger partial charge in [0.2, 0.25) is 23.6 Å². The van der Waals surface area contributed by atoms with E-state index < -0.39 is 390 Å². The summed E-state index contributed by atoms with van der Waals surface area (Å²) in [4.78, 5) is 51.0. The highest BCUT2D eigenvalue weighted by Crippen LogP contribution is 2.40. The highest BCUT2D eigenvalue weighted by molar-refractivity contribution is 5.74. The molecule has 10 heterocycles. The van der Waals surface area contributed by atoms with Crippen LogP contribution >= 0.6 is 0 Å². The number of ether oxygens (including phenoxy) is 19. The smallest absolute Gasteiger partial charge is 0.217 e. The quantitative estimate of drug-likeness (QED) is 0.0306. The number of hydrogen-bond acceptors (Lipinski definition) is 50. The standard InChI is InChI=1S/C68H114N4O50/c1-15-33(83)42(92)47(97)63(107-15)106-14-28-57(38(88)29(59(103)108-28)69-16(2)79)118-62-32(72-19(5)82)41(91)55(24(10-77)113-62)121-68-52(102)58(122-67-51(101)46(96)56(25(11-78)114-67)117-61-31(71-18(4)81)40(90)54(23(9-76)112-61)120-66-50(100)44(94)35(85)21(7-74)110-66)37(87)27(116-68)13-105-64-48(98)45(95)36(86)26(115-64)12-104-60-30(70-17(3)80)39(89)53(22(8-75)111-60)119-65-49(99)43(93)34(84)20(6-73)109-65/h15,20-68,73-78,83-103H,6-14H2,1-5H3,(H,69,79)(H,70,80)(H,71,81)(H,72,82)/t15-,20+,21+,22+,23+,24+,25+,26+,27+,28+,29+,30+,31+,32+,33+,34-,35-,36+,37+,38+,39+,40+,41+,42+,43-,44-,45-,46+,47-,48-,49+,50+,51-,52-,53+,54+,55+,56+,57+,58-,59?,60+,61-,62-,63+,64-,65-,66-,67+,68-/m0/s1. The van der Waals surface area contributed by atoms with Crippen molar-refractivity contribution in [1.29, 1.82) is 0 Å². The average Bonchev–Trinajstić information content (AvgIpc) is 0.756. The van der Waals surface area contributed by atoms with Crippen molar-refractivity contribution in [2.24, 2.45) is 0 Å². The largest absolute Gasteiger partial charge is 0.394 e. The van der Waals surface area contributed by atoms with Crippen molar-refractivity contribution in [3.05, 3.63) is 0 Å². The van der Waals surface area contributed by atoms with Gasteiger partial charge in [-0.3, -0.25) is 19.2 Å². The highest BCUT2D eigenvalue weighted by atomic mass is 16.8. The van der Waals surface area contributed by atoms with Crippen molar-refractivity contribution in [2.45, 2.75) is 341 Å². The Kier molecular flexibility index (Phi) is 35.8. The van der Waals surface area contributed by atoms with Gasteiger partial charge in [0.25, 0.3) is 0 Å². The fourth-order valence-corrected chi connectivity index (χ4v) is 15.7. The zero-order valence-corrected chi connectivity index (χ0v) is 65.7. The molecule has 0 spiro atoms. The summed E-state index contributed by atoms with van der Waals surface area (Å²) in [5.41, 5.74) is 0. The Hall–Kier alpha value is -3.96. The van der Waals surface area contributed by atoms with Crippen molar-refractivity contribution in [1.82, 2.24) is 21.3 Å². The van der Waals surface area contributed by atoms with E-state index in [1.807, 2.05) is 0 Å². The maximum absolute atomic E-state index is 13.2. The van der Waals surface area contributed by atoms with Crippen LogP contribution in [-0.4, -0.2) is 528 Å². The number of amides is 4. The van der Waals surface area contributed by atoms with Gasteiger partial charge in [0.05, 0.1) is 65.6 Å². The normalized spacial score (nSPS) is 49.7. The average molecular weight is 1790 g/mol. The van der Waals surface area contributed by atoms with Gasteiger partial charge in [0.1, 0.15) is 238 Å². The molecule has 54 nitrogen and oxygen atoms in total. The molecule has 122 heavy (non-hydrogen) atoms. The van der Waals surface area contributed by atoms with Gasteiger partial charge in [0, 0.05) is 27.7 Å². The lowest BCUT2D eigenvalue weighted by molar-refractivity contribution is -0.391. The summed E-state index contributed by atoms with van der Waals surface area (Å²) >= 11 is 0. The second-order valence-electron chi connectivity index (χ2n) is 31.0. The van der Waals surface area contributed by atoms with Crippen LogP contribution in [0.15, 0.2) is 0 Å². The van der Waals surface area contributed by atoms with E-state index in [0.29, 0.717) is 0 Å². The number of carbonyl (C=O) groups excluding carboxylic acids is 4. The van der Waals surface area contributed by atoms with Crippen LogP contribution in [0.3, 0.4) is 0 Å². The molecule has 10 aliphatic heterocycles. The van der Waals surface area contributed by atoms with Gasteiger partial charge in [-0.1, -0.05) is 0 Å². The predicted molar refractivity (Wildman–Crippen MR) is 375 cm³/mol. The summed E-state index contributed by atoms with van der Waals surface area (Å²) in [6.45, 7) is -4.16. The first kappa shape index (κ1) is 100. The summed E-state index contributed by atoms with van der Waals surface area (Å²) in [5, 5.41) is 309. The molecule has 0 aromatic heterocycles. The van der Waals surface area contributed by atoms with Gasteiger partial charge >= 0.3 is 0 Å². The summed E-state index contributed by atoms with van der Waals surface area (Å²) < 4.78 is 111. The van der Waals surface area contributed by atoms with E-state index in [2.05, 4.69) is 21.3 Å². The summed E-state index contributed by atoms with van der Waals surface area (Å²) in [6, 6.07) is -7.29. The summed E-state index contributed by atoms with van der Waals surface area (Å²) in [6.07, 6.45) is -92.4. The van der Waals surface area contributed by atoms with Gasteiger partial charge in [-0.05, 0) is 6.92 Å². The monoisotopic (exact) mass is 1790 g/mol. The number of hydrogen-bond donors (Lipinski definition) is 31. The number of carbonyl (C=O) groups is 4. The lowest BCUT2D eigenvalue weighted by Gasteiger charge is -2.51. The van der Waals surface area contributed by atoms with Crippen molar-refractivity contribution in [3.8, 4) is 0 Å². The van der Waals surface area contributed by atoms with Gasteiger partial charge in [0.15, 0.2) is 62.9 Å². The van der Waals surface area contributed by atoms with Crippen LogP contribution in [0.4, 0.5) is 0 Å². The molecular formula is C68H114N4O50. The molecule has 0 bridgehead atoms. The molecule has 0 aromatic carbocycles. The lowest BCUT2D eigenvalue weighted by Crippen LogP contribution is -2.71. The minimum absolute atomic E-state index is 0.833. The van der Waals surface area contributed by atoms with Crippen LogP contribution in [0.5, 0.6) is 0 Å². The third-order valence-electron chi connectivity index (χ3n) is 22.4. The molecule has 0 aromatic rings. The molecular weight excluding hydrogens is 1670 g/mol. The lowest BCUT2D eigenvalue weighted by atomic mass is 9.93. The first-order chi connectivity index (χ1) is 57.6. The fourth-order valence-electron chi connectivity index (χ4n) is 15.7. The maximum Gasteiger partial charge on any atom is 0.217 e. The molecule has 31 N–H and O–H groups in total. The minimum Gasteiger partial charge on any atom is -0.394 e. The SMILES string of the molecule is CC(=O)N[C@H]1[C@H](O[C@H]2[C@H](O)[C@@H](NC(C)=O)C(O)O[C@@H]2CO[C@@H]2O[C@@H](C)[C@@H](O)[C@@H](O)[C@@H]2O)O[C@H](CO)[C@@H](O[C@@H]2O[C@H](CO[C@H]3O[C@H](CO[C@@H]4O[C@H](CO)[C@@H](O[C@@H]5O[C@H](CO)[C@H](O)[C@H](O)[C@H]5O)[C@H](O)[C@H]4NC(C)=O)[C@@H](O)[C@H](O)[C@@H]3O)[C@@H](O)[C@H](O[C@H]3O[C@H](CO)[C@@H](O[C@@H]4O[C@H](CO)[C@@H](O[C@@H]5O[C@H](CO)[C@H](O)[C@H](O)[C@H]5O)[C@H](O)[C@H]4NC(C)=O)[C@H](O)[C@@H]3O)[C@@H]2O)[C@@H]1O. The van der Waals surface area contributed by atoms with Gasteiger partial charge < -0.3 is 249 Å². The molecule has 54 heteroatoms.